The van der Waals surface area contributed by atoms with Gasteiger partial charge in [0.15, 0.2) is 0 Å². The monoisotopic (exact) mass is 1130 g/mol. The van der Waals surface area contributed by atoms with Crippen molar-refractivity contribution >= 4 is 161 Å². The molecule has 0 aliphatic heterocycles. The molecular formula is C71H48ClN5S4. The maximum Gasteiger partial charge on any atom is 0.235 e. The van der Waals surface area contributed by atoms with Gasteiger partial charge in [0.25, 0.3) is 0 Å². The van der Waals surface area contributed by atoms with Crippen LogP contribution in [0.15, 0.2) is 231 Å². The van der Waals surface area contributed by atoms with E-state index in [2.05, 4.69) is 203 Å². The highest BCUT2D eigenvalue weighted by atomic mass is 35.5. The summed E-state index contributed by atoms with van der Waals surface area (Å²) in [5, 5.41) is 12.3. The van der Waals surface area contributed by atoms with Crippen molar-refractivity contribution < 1.29 is 0 Å². The molecule has 0 N–H and O–H groups in total. The van der Waals surface area contributed by atoms with Crippen LogP contribution in [0.4, 0.5) is 0 Å². The Morgan fingerprint density at radius 3 is 1.20 bits per heavy atom. The molecule has 0 saturated heterocycles. The Balaban J connectivity index is 0.000000118. The third-order valence-electron chi connectivity index (χ3n) is 15.2. The Hall–Kier alpha value is -8.67. The zero-order valence-electron chi connectivity index (χ0n) is 41.9. The summed E-state index contributed by atoms with van der Waals surface area (Å²) in [6.45, 7) is 0. The maximum atomic E-state index is 6.15. The standard InChI is InChI=1S/C34H19N3S2.C18H11ClN2.C17H10S2.2CH4/c1-2-11-21(12-3-1)28-25-19-18-20-10-4-5-13-22(20)29(25)36-34(35-28)37-30-23-14-6-8-16-26(23)38-32(30)33-31(37)24-15-7-9-17-27(24)39-33;19-18-20-16(13-7-2-1-3-8-13)15-11-10-12-6-4-5-9-14(12)17(15)21-18;1-3-7-14-10(5-1)12-9-13-11-6-2-4-8-15(11)19-17(13)16(12)18-14;;/h1-19H;1-11H;1-8H,9H2;2*1H4. The second-order valence-corrected chi connectivity index (χ2v) is 24.2. The minimum Gasteiger partial charge on any atom is -0.275 e. The molecule has 18 rings (SSSR count). The van der Waals surface area contributed by atoms with Crippen molar-refractivity contribution in [2.75, 3.05) is 0 Å². The van der Waals surface area contributed by atoms with E-state index in [0.29, 0.717) is 5.95 Å². The van der Waals surface area contributed by atoms with Gasteiger partial charge in [0, 0.05) is 78.4 Å². The van der Waals surface area contributed by atoms with Crippen molar-refractivity contribution in [3.05, 3.63) is 247 Å². The van der Waals surface area contributed by atoms with Gasteiger partial charge in [0.2, 0.25) is 11.2 Å². The van der Waals surface area contributed by atoms with Crippen LogP contribution in [-0.2, 0) is 6.42 Å². The van der Waals surface area contributed by atoms with Crippen LogP contribution in [0.25, 0.3) is 142 Å². The summed E-state index contributed by atoms with van der Waals surface area (Å²) in [5.74, 6) is 0.713. The van der Waals surface area contributed by atoms with Gasteiger partial charge < -0.3 is 0 Å². The number of thiophene rings is 4. The Kier molecular flexibility index (Phi) is 12.8. The largest absolute Gasteiger partial charge is 0.275 e. The first-order valence-electron chi connectivity index (χ1n) is 26.1. The fraction of sp³-hybridized carbons (Fsp3) is 0.0423. The van der Waals surface area contributed by atoms with Gasteiger partial charge in [0.1, 0.15) is 0 Å². The predicted molar refractivity (Wildman–Crippen MR) is 354 cm³/mol. The van der Waals surface area contributed by atoms with E-state index in [1.807, 2.05) is 87.8 Å². The first-order valence-corrected chi connectivity index (χ1v) is 29.7. The van der Waals surface area contributed by atoms with Crippen LogP contribution < -0.4 is 0 Å². The van der Waals surface area contributed by atoms with E-state index in [4.69, 9.17) is 21.6 Å². The summed E-state index contributed by atoms with van der Waals surface area (Å²) in [4.78, 5) is 22.6. The molecule has 7 heterocycles. The number of halogens is 1. The van der Waals surface area contributed by atoms with Gasteiger partial charge in [-0.3, -0.25) is 4.57 Å². The number of hydrogen-bond acceptors (Lipinski definition) is 8. The Bertz CT molecular complexity index is 5100. The lowest BCUT2D eigenvalue weighted by Gasteiger charge is -2.13. The first-order chi connectivity index (χ1) is 39.1. The Labute approximate surface area is 488 Å². The molecule has 0 fully saturated rings. The zero-order valence-corrected chi connectivity index (χ0v) is 45.9. The third-order valence-corrected chi connectivity index (χ3v) is 20.4. The first kappa shape index (κ1) is 50.5. The Morgan fingerprint density at radius 2 is 0.716 bits per heavy atom. The fourth-order valence-corrected chi connectivity index (χ4v) is 16.9. The van der Waals surface area contributed by atoms with E-state index in [9.17, 15) is 0 Å². The van der Waals surface area contributed by atoms with Crippen LogP contribution in [0, 0.1) is 0 Å². The van der Waals surface area contributed by atoms with Crippen molar-refractivity contribution in [3.8, 4) is 38.2 Å². The SMILES string of the molecule is C.C.Clc1nc(-c2ccccc2)c2ccc3ccccc3c2n1.c1ccc(-c2nc(-n3c4c5ccccc5sc4c4sc5ccccc5c43)nc3c2ccc2ccccc23)cc1.c1ccc2c3c(sc2c1)-c1sc2ccccc2c1C3. The molecule has 10 aromatic carbocycles. The van der Waals surface area contributed by atoms with Crippen molar-refractivity contribution in [2.24, 2.45) is 0 Å². The van der Waals surface area contributed by atoms with E-state index < -0.39 is 0 Å². The highest BCUT2D eigenvalue weighted by molar-refractivity contribution is 7.33. The average Bonchev–Trinajstić information content (AvgIpc) is 4.54. The van der Waals surface area contributed by atoms with Crippen LogP contribution in [0.1, 0.15) is 26.0 Å². The summed E-state index contributed by atoms with van der Waals surface area (Å²) in [6, 6.07) is 80.7. The highest BCUT2D eigenvalue weighted by Gasteiger charge is 2.28. The zero-order chi connectivity index (χ0) is 52.1. The molecule has 0 radical (unpaired) electrons. The average molecular weight is 1130 g/mol. The van der Waals surface area contributed by atoms with E-state index in [-0.39, 0.29) is 20.1 Å². The second-order valence-electron chi connectivity index (χ2n) is 19.7. The molecule has 81 heavy (non-hydrogen) atoms. The molecule has 17 aromatic rings. The molecule has 0 saturated carbocycles. The van der Waals surface area contributed by atoms with Crippen molar-refractivity contribution in [1.82, 2.24) is 24.5 Å². The lowest BCUT2D eigenvalue weighted by atomic mass is 10.0. The van der Waals surface area contributed by atoms with Gasteiger partial charge in [-0.15, -0.1) is 45.3 Å². The Morgan fingerprint density at radius 1 is 0.333 bits per heavy atom. The molecule has 1 aliphatic carbocycles. The van der Waals surface area contributed by atoms with Gasteiger partial charge in [-0.1, -0.05) is 209 Å². The van der Waals surface area contributed by atoms with Crippen LogP contribution in [0.5, 0.6) is 0 Å². The maximum absolute atomic E-state index is 6.15. The number of aromatic nitrogens is 5. The molecule has 0 spiro atoms. The molecule has 388 valence electrons. The minimum atomic E-state index is 0. The molecule has 7 aromatic heterocycles. The molecule has 0 bridgehead atoms. The summed E-state index contributed by atoms with van der Waals surface area (Å²) < 4.78 is 10.3. The summed E-state index contributed by atoms with van der Waals surface area (Å²) in [6.07, 6.45) is 1.11. The molecule has 1 aliphatic rings. The van der Waals surface area contributed by atoms with Gasteiger partial charge in [-0.05, 0) is 80.7 Å². The minimum absolute atomic E-state index is 0. The number of nitrogens with zero attached hydrogens (tertiary/aromatic N) is 5. The number of fused-ring (bicyclic) bond motifs is 20. The lowest BCUT2D eigenvalue weighted by Crippen LogP contribution is -2.03. The van der Waals surface area contributed by atoms with Crippen LogP contribution in [0.3, 0.4) is 0 Å². The number of hydrogen-bond donors (Lipinski definition) is 0. The molecule has 10 heteroatoms. The molecule has 0 atom stereocenters. The molecule has 0 amide bonds. The molecule has 0 unspecified atom stereocenters. The number of rotatable bonds is 3. The number of benzene rings is 10. The van der Waals surface area contributed by atoms with Crippen molar-refractivity contribution in [3.63, 3.8) is 0 Å². The van der Waals surface area contributed by atoms with E-state index >= 15 is 0 Å². The van der Waals surface area contributed by atoms with E-state index in [1.54, 1.807) is 11.1 Å². The van der Waals surface area contributed by atoms with Gasteiger partial charge in [-0.25, -0.2) is 19.9 Å². The van der Waals surface area contributed by atoms with Crippen LogP contribution in [-0.4, -0.2) is 24.5 Å². The van der Waals surface area contributed by atoms with E-state index in [1.165, 1.54) is 75.9 Å². The topological polar surface area (TPSA) is 56.5 Å². The normalized spacial score (nSPS) is 11.8. The lowest BCUT2D eigenvalue weighted by molar-refractivity contribution is 1.02. The summed E-state index contributed by atoms with van der Waals surface area (Å²) >= 11 is 13.8. The van der Waals surface area contributed by atoms with Gasteiger partial charge >= 0.3 is 0 Å². The fourth-order valence-electron chi connectivity index (χ4n) is 11.6. The van der Waals surface area contributed by atoms with Crippen LogP contribution in [0.2, 0.25) is 5.28 Å². The van der Waals surface area contributed by atoms with Crippen molar-refractivity contribution in [2.45, 2.75) is 21.3 Å². The summed E-state index contributed by atoms with van der Waals surface area (Å²) in [7, 11) is 0. The molecule has 5 nitrogen and oxygen atoms in total. The van der Waals surface area contributed by atoms with E-state index in [0.717, 1.165) is 66.9 Å². The predicted octanol–water partition coefficient (Wildman–Crippen LogP) is 22.0. The smallest absolute Gasteiger partial charge is 0.235 e. The van der Waals surface area contributed by atoms with Gasteiger partial charge in [-0.2, -0.15) is 0 Å². The summed E-state index contributed by atoms with van der Waals surface area (Å²) in [5.41, 5.74) is 11.3. The highest BCUT2D eigenvalue weighted by Crippen LogP contribution is 2.53. The second kappa shape index (κ2) is 20.5. The van der Waals surface area contributed by atoms with Gasteiger partial charge in [0.05, 0.1) is 42.9 Å². The van der Waals surface area contributed by atoms with Crippen molar-refractivity contribution in [1.29, 1.82) is 0 Å². The quantitative estimate of drug-likeness (QED) is 0.131. The third kappa shape index (κ3) is 8.29. The van der Waals surface area contributed by atoms with Crippen LogP contribution >= 0.6 is 56.9 Å². The molecular weight excluding hydrogens is 1090 g/mol.